The summed E-state index contributed by atoms with van der Waals surface area (Å²) in [5.74, 6) is 0.235. The molecule has 0 radical (unpaired) electrons. The highest BCUT2D eigenvalue weighted by Gasteiger charge is 2.55. The highest BCUT2D eigenvalue weighted by Crippen LogP contribution is 2.52. The predicted molar refractivity (Wildman–Crippen MR) is 53.8 cm³/mol. The summed E-state index contributed by atoms with van der Waals surface area (Å²) in [5, 5.41) is 0. The van der Waals surface area contributed by atoms with Crippen molar-refractivity contribution in [3.8, 4) is 0 Å². The monoisotopic (exact) mass is 192 g/mol. The summed E-state index contributed by atoms with van der Waals surface area (Å²) in [7, 11) is 0. The van der Waals surface area contributed by atoms with Crippen LogP contribution in [-0.4, -0.2) is 11.6 Å². The Hall–Kier alpha value is -0.920. The first-order valence-corrected chi connectivity index (χ1v) is 5.31. The van der Waals surface area contributed by atoms with Crippen LogP contribution in [0, 0.1) is 11.3 Å². The number of carbonyl (C=O) groups is 2. The van der Waals surface area contributed by atoms with E-state index in [0.29, 0.717) is 0 Å². The van der Waals surface area contributed by atoms with Gasteiger partial charge < -0.3 is 0 Å². The minimum absolute atomic E-state index is 0.0405. The number of hydrogen-bond acceptors (Lipinski definition) is 2. The van der Waals surface area contributed by atoms with Crippen LogP contribution in [0.15, 0.2) is 12.2 Å². The normalized spacial score (nSPS) is 37.1. The third-order valence-corrected chi connectivity index (χ3v) is 3.89. The van der Waals surface area contributed by atoms with Crippen molar-refractivity contribution in [3.05, 3.63) is 12.2 Å². The molecular weight excluding hydrogens is 176 g/mol. The first kappa shape index (κ1) is 9.63. The molecule has 0 aliphatic heterocycles. The van der Waals surface area contributed by atoms with Crippen molar-refractivity contribution in [2.24, 2.45) is 11.3 Å². The van der Waals surface area contributed by atoms with Crippen LogP contribution in [0.3, 0.4) is 0 Å². The highest BCUT2D eigenvalue weighted by atomic mass is 16.2. The lowest BCUT2D eigenvalue weighted by Crippen LogP contribution is -2.37. The number of hydrogen-bond donors (Lipinski definition) is 0. The number of Topliss-reactive ketones (excluding diaryl/α,β-unsaturated/α-hetero) is 2. The van der Waals surface area contributed by atoms with Crippen LogP contribution in [0.25, 0.3) is 0 Å². The van der Waals surface area contributed by atoms with E-state index in [2.05, 4.69) is 6.58 Å². The molecule has 2 fully saturated rings. The molecule has 0 heterocycles. The van der Waals surface area contributed by atoms with Gasteiger partial charge in [-0.05, 0) is 19.8 Å². The van der Waals surface area contributed by atoms with Crippen LogP contribution in [-0.2, 0) is 9.59 Å². The van der Waals surface area contributed by atoms with E-state index in [4.69, 9.17) is 0 Å². The second kappa shape index (κ2) is 3.04. The maximum absolute atomic E-state index is 11.9. The number of fused-ring (bicyclic) bond motifs is 1. The minimum atomic E-state index is -0.463. The third-order valence-electron chi connectivity index (χ3n) is 3.89. The van der Waals surface area contributed by atoms with Crippen LogP contribution >= 0.6 is 0 Å². The topological polar surface area (TPSA) is 34.1 Å². The lowest BCUT2D eigenvalue weighted by atomic mass is 9.64. The van der Waals surface area contributed by atoms with Gasteiger partial charge in [0.25, 0.3) is 0 Å². The lowest BCUT2D eigenvalue weighted by Gasteiger charge is -2.37. The summed E-state index contributed by atoms with van der Waals surface area (Å²) < 4.78 is 0. The molecule has 0 aromatic carbocycles. The van der Waals surface area contributed by atoms with Crippen molar-refractivity contribution in [3.63, 3.8) is 0 Å². The van der Waals surface area contributed by atoms with Crippen molar-refractivity contribution < 1.29 is 9.59 Å². The summed E-state index contributed by atoms with van der Waals surface area (Å²) in [6, 6.07) is 0. The molecule has 2 unspecified atom stereocenters. The van der Waals surface area contributed by atoms with Crippen LogP contribution in [0.1, 0.15) is 39.0 Å². The summed E-state index contributed by atoms with van der Waals surface area (Å²) in [6.45, 7) is 5.82. The number of carbonyl (C=O) groups excluding carboxylic acids is 2. The Morgan fingerprint density at radius 3 is 2.71 bits per heavy atom. The zero-order valence-corrected chi connectivity index (χ0v) is 8.64. The van der Waals surface area contributed by atoms with Crippen LogP contribution in [0.2, 0.25) is 0 Å². The van der Waals surface area contributed by atoms with Gasteiger partial charge in [-0.25, -0.2) is 0 Å². The van der Waals surface area contributed by atoms with Crippen molar-refractivity contribution >= 4 is 11.6 Å². The average molecular weight is 192 g/mol. The molecule has 0 aromatic heterocycles. The van der Waals surface area contributed by atoms with E-state index in [9.17, 15) is 9.59 Å². The fraction of sp³-hybridized carbons (Fsp3) is 0.667. The predicted octanol–water partition coefficient (Wildman–Crippen LogP) is 2.28. The SMILES string of the molecule is C=C(C)C12CCCCC1C(=O)CC2=O. The van der Waals surface area contributed by atoms with Crippen molar-refractivity contribution in [2.75, 3.05) is 0 Å². The fourth-order valence-electron chi connectivity index (χ4n) is 3.13. The summed E-state index contributed by atoms with van der Waals surface area (Å²) in [6.07, 6.45) is 4.02. The third kappa shape index (κ3) is 1.03. The molecule has 0 spiro atoms. The van der Waals surface area contributed by atoms with Crippen LogP contribution in [0.5, 0.6) is 0 Å². The first-order valence-electron chi connectivity index (χ1n) is 5.31. The van der Waals surface area contributed by atoms with E-state index >= 15 is 0 Å². The molecule has 0 amide bonds. The maximum Gasteiger partial charge on any atom is 0.151 e. The van der Waals surface area contributed by atoms with Gasteiger partial charge in [-0.1, -0.05) is 25.0 Å². The molecule has 0 N–H and O–H groups in total. The van der Waals surface area contributed by atoms with Gasteiger partial charge in [0.05, 0.1) is 11.8 Å². The Bertz CT molecular complexity index is 316. The van der Waals surface area contributed by atoms with Crippen molar-refractivity contribution in [1.82, 2.24) is 0 Å². The maximum atomic E-state index is 11.9. The van der Waals surface area contributed by atoms with Gasteiger partial charge in [0.2, 0.25) is 0 Å². The van der Waals surface area contributed by atoms with Crippen LogP contribution < -0.4 is 0 Å². The Morgan fingerprint density at radius 1 is 1.43 bits per heavy atom. The van der Waals surface area contributed by atoms with E-state index in [1.54, 1.807) is 0 Å². The van der Waals surface area contributed by atoms with Gasteiger partial charge in [0.1, 0.15) is 5.78 Å². The van der Waals surface area contributed by atoms with E-state index in [0.717, 1.165) is 31.3 Å². The van der Waals surface area contributed by atoms with Crippen molar-refractivity contribution in [1.29, 1.82) is 0 Å². The zero-order chi connectivity index (χ0) is 10.3. The van der Waals surface area contributed by atoms with Crippen LogP contribution in [0.4, 0.5) is 0 Å². The molecule has 2 atom stereocenters. The molecule has 76 valence electrons. The minimum Gasteiger partial charge on any atom is -0.299 e. The smallest absolute Gasteiger partial charge is 0.151 e. The molecule has 2 aliphatic carbocycles. The van der Waals surface area contributed by atoms with E-state index in [1.807, 2.05) is 6.92 Å². The van der Waals surface area contributed by atoms with E-state index in [1.165, 1.54) is 0 Å². The molecule has 0 bridgehead atoms. The van der Waals surface area contributed by atoms with Gasteiger partial charge in [-0.2, -0.15) is 0 Å². The molecule has 0 aromatic rings. The largest absolute Gasteiger partial charge is 0.299 e. The molecule has 2 heteroatoms. The molecule has 0 saturated heterocycles. The average Bonchev–Trinajstić information content (AvgIpc) is 2.41. The second-order valence-electron chi connectivity index (χ2n) is 4.62. The number of allylic oxidation sites excluding steroid dienone is 1. The Kier molecular flexibility index (Phi) is 2.09. The van der Waals surface area contributed by atoms with Gasteiger partial charge >= 0.3 is 0 Å². The summed E-state index contributed by atoms with van der Waals surface area (Å²) in [5.41, 5.74) is 0.438. The molecular formula is C12H16O2. The van der Waals surface area contributed by atoms with Gasteiger partial charge in [0, 0.05) is 5.92 Å². The molecule has 2 saturated carbocycles. The number of ketones is 2. The fourth-order valence-corrected chi connectivity index (χ4v) is 3.13. The van der Waals surface area contributed by atoms with Crippen molar-refractivity contribution in [2.45, 2.75) is 39.0 Å². The van der Waals surface area contributed by atoms with Gasteiger partial charge in [-0.3, -0.25) is 9.59 Å². The molecule has 2 aliphatic rings. The standard InChI is InChI=1S/C12H16O2/c1-8(2)12-6-4-3-5-9(12)10(13)7-11(12)14/h9H,1,3-7H2,2H3. The summed E-state index contributed by atoms with van der Waals surface area (Å²) in [4.78, 5) is 23.6. The van der Waals surface area contributed by atoms with Gasteiger partial charge in [-0.15, -0.1) is 0 Å². The Labute approximate surface area is 84.4 Å². The van der Waals surface area contributed by atoms with Gasteiger partial charge in [0.15, 0.2) is 5.78 Å². The quantitative estimate of drug-likeness (QED) is 0.472. The van der Waals surface area contributed by atoms with E-state index in [-0.39, 0.29) is 23.9 Å². The number of rotatable bonds is 1. The first-order chi connectivity index (χ1) is 6.59. The Morgan fingerprint density at radius 2 is 2.14 bits per heavy atom. The Balaban J connectivity index is 2.45. The lowest BCUT2D eigenvalue weighted by molar-refractivity contribution is -0.126. The molecule has 2 rings (SSSR count). The summed E-state index contributed by atoms with van der Waals surface area (Å²) >= 11 is 0. The zero-order valence-electron chi connectivity index (χ0n) is 8.64. The molecule has 2 nitrogen and oxygen atoms in total. The highest BCUT2D eigenvalue weighted by molar-refractivity contribution is 6.12. The molecule has 14 heavy (non-hydrogen) atoms. The second-order valence-corrected chi connectivity index (χ2v) is 4.62. The van der Waals surface area contributed by atoms with E-state index < -0.39 is 5.41 Å².